The van der Waals surface area contributed by atoms with E-state index in [1.54, 1.807) is 12.0 Å². The summed E-state index contributed by atoms with van der Waals surface area (Å²) in [6.45, 7) is 6.58. The van der Waals surface area contributed by atoms with Crippen molar-refractivity contribution in [1.82, 2.24) is 20.4 Å². The molecule has 1 N–H and O–H groups in total. The van der Waals surface area contributed by atoms with Gasteiger partial charge in [0.25, 0.3) is 0 Å². The van der Waals surface area contributed by atoms with Crippen molar-refractivity contribution in [2.24, 2.45) is 0 Å². The molecule has 0 aliphatic carbocycles. The number of carbonyl (C=O) groups is 1. The van der Waals surface area contributed by atoms with Crippen molar-refractivity contribution in [2.45, 2.75) is 45.2 Å². The molecule has 1 unspecified atom stereocenters. The monoisotopic (exact) mass is 344 g/mol. The van der Waals surface area contributed by atoms with Gasteiger partial charge < -0.3 is 19.5 Å². The second-order valence-electron chi connectivity index (χ2n) is 7.22. The Labute approximate surface area is 147 Å². The van der Waals surface area contributed by atoms with Crippen molar-refractivity contribution in [2.75, 3.05) is 13.7 Å². The summed E-state index contributed by atoms with van der Waals surface area (Å²) in [6.07, 6.45) is 1.74. The van der Waals surface area contributed by atoms with E-state index in [2.05, 4.69) is 15.5 Å². The molecule has 1 aliphatic rings. The fraction of sp³-hybridized carbons (Fsp3) is 0.500. The molecule has 1 saturated heterocycles. The number of nitrogens with one attached hydrogen (secondary N) is 1. The molecule has 7 heteroatoms. The van der Waals surface area contributed by atoms with Crippen molar-refractivity contribution >= 4 is 6.03 Å². The molecule has 0 radical (unpaired) electrons. The second-order valence-corrected chi connectivity index (χ2v) is 7.22. The number of carbonyl (C=O) groups excluding carboxylic acids is 1. The summed E-state index contributed by atoms with van der Waals surface area (Å²) >= 11 is 0. The van der Waals surface area contributed by atoms with Crippen molar-refractivity contribution in [3.05, 3.63) is 30.2 Å². The van der Waals surface area contributed by atoms with Crippen molar-refractivity contribution in [3.8, 4) is 17.1 Å². The van der Waals surface area contributed by atoms with E-state index in [9.17, 15) is 4.79 Å². The molecule has 25 heavy (non-hydrogen) atoms. The van der Waals surface area contributed by atoms with Gasteiger partial charge in [-0.25, -0.2) is 4.79 Å². The molecule has 1 aliphatic heterocycles. The molecule has 2 aromatic rings. The Kier molecular flexibility index (Phi) is 4.65. The summed E-state index contributed by atoms with van der Waals surface area (Å²) in [6, 6.07) is 7.19. The molecule has 0 bridgehead atoms. The number of hydrogen-bond acceptors (Lipinski definition) is 5. The lowest BCUT2D eigenvalue weighted by Gasteiger charge is -2.28. The zero-order valence-electron chi connectivity index (χ0n) is 15.1. The molecule has 1 fully saturated rings. The van der Waals surface area contributed by atoms with E-state index in [-0.39, 0.29) is 17.6 Å². The summed E-state index contributed by atoms with van der Waals surface area (Å²) in [5.74, 6) is 1.77. The lowest BCUT2D eigenvalue weighted by Crippen LogP contribution is -2.48. The third-order valence-electron chi connectivity index (χ3n) is 4.07. The highest BCUT2D eigenvalue weighted by molar-refractivity contribution is 5.75. The first-order valence-electron chi connectivity index (χ1n) is 8.44. The highest BCUT2D eigenvalue weighted by Gasteiger charge is 2.35. The van der Waals surface area contributed by atoms with Gasteiger partial charge in [-0.3, -0.25) is 0 Å². The molecule has 3 rings (SSSR count). The molecule has 1 atom stereocenters. The summed E-state index contributed by atoms with van der Waals surface area (Å²) in [5, 5.41) is 7.06. The van der Waals surface area contributed by atoms with Crippen molar-refractivity contribution in [3.63, 3.8) is 0 Å². The standard InChI is InChI=1S/C18H24N4O3/c1-18(2,3)20-17(23)22-11-5-6-14(22)16-19-15(21-25-16)12-7-9-13(24-4)10-8-12/h7-10,14H,5-6,11H2,1-4H3,(H,20,23). The highest BCUT2D eigenvalue weighted by Crippen LogP contribution is 2.32. The second kappa shape index (κ2) is 6.74. The fourth-order valence-corrected chi connectivity index (χ4v) is 2.89. The van der Waals surface area contributed by atoms with E-state index >= 15 is 0 Å². The van der Waals surface area contributed by atoms with Gasteiger partial charge in [-0.2, -0.15) is 4.98 Å². The summed E-state index contributed by atoms with van der Waals surface area (Å²) in [4.78, 5) is 18.8. The Hall–Kier alpha value is -2.57. The van der Waals surface area contributed by atoms with Crippen LogP contribution in [-0.2, 0) is 0 Å². The highest BCUT2D eigenvalue weighted by atomic mass is 16.5. The zero-order chi connectivity index (χ0) is 18.0. The normalized spacial score (nSPS) is 17.6. The number of benzene rings is 1. The van der Waals surface area contributed by atoms with Gasteiger partial charge in [0.2, 0.25) is 11.7 Å². The molecule has 0 saturated carbocycles. The van der Waals surface area contributed by atoms with Gasteiger partial charge in [-0.05, 0) is 57.9 Å². The summed E-state index contributed by atoms with van der Waals surface area (Å²) < 4.78 is 10.6. The number of urea groups is 1. The Bertz CT molecular complexity index is 734. The first-order chi connectivity index (χ1) is 11.9. The quantitative estimate of drug-likeness (QED) is 0.923. The number of amides is 2. The lowest BCUT2D eigenvalue weighted by molar-refractivity contribution is 0.172. The topological polar surface area (TPSA) is 80.5 Å². The van der Waals surface area contributed by atoms with Gasteiger partial charge in [0.1, 0.15) is 11.8 Å². The zero-order valence-corrected chi connectivity index (χ0v) is 15.1. The number of likely N-dealkylation sites (tertiary alicyclic amines) is 1. The number of aromatic nitrogens is 2. The van der Waals surface area contributed by atoms with Gasteiger partial charge in [0, 0.05) is 17.6 Å². The van der Waals surface area contributed by atoms with Gasteiger partial charge in [-0.15, -0.1) is 0 Å². The largest absolute Gasteiger partial charge is 0.497 e. The van der Waals surface area contributed by atoms with Crippen LogP contribution in [0.25, 0.3) is 11.4 Å². The predicted octanol–water partition coefficient (Wildman–Crippen LogP) is 3.39. The number of rotatable bonds is 3. The Morgan fingerprint density at radius 2 is 2.04 bits per heavy atom. The van der Waals surface area contributed by atoms with Crippen molar-refractivity contribution in [1.29, 1.82) is 0 Å². The fourth-order valence-electron chi connectivity index (χ4n) is 2.89. The number of methoxy groups -OCH3 is 1. The van der Waals surface area contributed by atoms with Crippen LogP contribution in [0.15, 0.2) is 28.8 Å². The maximum atomic E-state index is 12.5. The number of ether oxygens (including phenoxy) is 1. The van der Waals surface area contributed by atoms with E-state index in [4.69, 9.17) is 9.26 Å². The molecule has 7 nitrogen and oxygen atoms in total. The minimum atomic E-state index is -0.284. The van der Waals surface area contributed by atoms with Crippen LogP contribution in [0.3, 0.4) is 0 Å². The predicted molar refractivity (Wildman–Crippen MR) is 93.3 cm³/mol. The van der Waals surface area contributed by atoms with Crippen molar-refractivity contribution < 1.29 is 14.1 Å². The molecule has 2 heterocycles. The van der Waals surface area contributed by atoms with Gasteiger partial charge in [0.15, 0.2) is 0 Å². The van der Waals surface area contributed by atoms with Crippen LogP contribution < -0.4 is 10.1 Å². The lowest BCUT2D eigenvalue weighted by atomic mass is 10.1. The maximum Gasteiger partial charge on any atom is 0.318 e. The molecule has 2 amide bonds. The molecular formula is C18H24N4O3. The number of nitrogens with zero attached hydrogens (tertiary/aromatic N) is 3. The van der Waals surface area contributed by atoms with Crippen LogP contribution in [0.5, 0.6) is 5.75 Å². The Balaban J connectivity index is 1.77. The first kappa shape index (κ1) is 17.3. The van der Waals surface area contributed by atoms with E-state index in [0.29, 0.717) is 18.3 Å². The maximum absolute atomic E-state index is 12.5. The van der Waals surface area contributed by atoms with E-state index in [1.165, 1.54) is 0 Å². The molecular weight excluding hydrogens is 320 g/mol. The number of hydrogen-bond donors (Lipinski definition) is 1. The van der Waals surface area contributed by atoms with Gasteiger partial charge in [-0.1, -0.05) is 5.16 Å². The summed E-state index contributed by atoms with van der Waals surface area (Å²) in [7, 11) is 1.62. The van der Waals surface area contributed by atoms with Crippen LogP contribution in [0.1, 0.15) is 45.5 Å². The van der Waals surface area contributed by atoms with Crippen LogP contribution in [0, 0.1) is 0 Å². The molecule has 1 aromatic carbocycles. The summed E-state index contributed by atoms with van der Waals surface area (Å²) in [5.41, 5.74) is 0.562. The van der Waals surface area contributed by atoms with Crippen LogP contribution in [0.2, 0.25) is 0 Å². The third kappa shape index (κ3) is 3.92. The van der Waals surface area contributed by atoms with Crippen LogP contribution >= 0.6 is 0 Å². The smallest absolute Gasteiger partial charge is 0.318 e. The van der Waals surface area contributed by atoms with E-state index in [1.807, 2.05) is 45.0 Å². The minimum absolute atomic E-state index is 0.0980. The van der Waals surface area contributed by atoms with Gasteiger partial charge in [0.05, 0.1) is 7.11 Å². The third-order valence-corrected chi connectivity index (χ3v) is 4.07. The molecule has 1 aromatic heterocycles. The van der Waals surface area contributed by atoms with Gasteiger partial charge >= 0.3 is 6.03 Å². The molecule has 134 valence electrons. The Morgan fingerprint density at radius 3 is 2.68 bits per heavy atom. The average Bonchev–Trinajstić information content (AvgIpc) is 3.22. The minimum Gasteiger partial charge on any atom is -0.497 e. The van der Waals surface area contributed by atoms with E-state index in [0.717, 1.165) is 24.2 Å². The first-order valence-corrected chi connectivity index (χ1v) is 8.44. The van der Waals surface area contributed by atoms with E-state index < -0.39 is 0 Å². The average molecular weight is 344 g/mol. The Morgan fingerprint density at radius 1 is 1.32 bits per heavy atom. The molecule has 0 spiro atoms. The van der Waals surface area contributed by atoms with Crippen LogP contribution in [0.4, 0.5) is 4.79 Å². The van der Waals surface area contributed by atoms with Crippen LogP contribution in [-0.4, -0.2) is 40.3 Å². The SMILES string of the molecule is COc1ccc(-c2noc(C3CCCN3C(=O)NC(C)(C)C)n2)cc1.